The average Bonchev–Trinajstić information content (AvgIpc) is 3.24. The summed E-state index contributed by atoms with van der Waals surface area (Å²) in [6.07, 6.45) is 1.62. The lowest BCUT2D eigenvalue weighted by Crippen LogP contribution is -2.49. The Bertz CT molecular complexity index is 772. The minimum atomic E-state index is -0.639. The summed E-state index contributed by atoms with van der Waals surface area (Å²) < 4.78 is 22.5. The summed E-state index contributed by atoms with van der Waals surface area (Å²) in [5.74, 6) is 0.849. The van der Waals surface area contributed by atoms with Crippen LogP contribution in [0.1, 0.15) is 30.0 Å². The van der Waals surface area contributed by atoms with Gasteiger partial charge in [0.15, 0.2) is 17.3 Å². The molecule has 1 saturated heterocycles. The second-order valence-corrected chi connectivity index (χ2v) is 7.66. The summed E-state index contributed by atoms with van der Waals surface area (Å²) in [5.41, 5.74) is 2.11. The van der Waals surface area contributed by atoms with Gasteiger partial charge in [0.2, 0.25) is 12.5 Å². The second kappa shape index (κ2) is 6.16. The molecule has 1 fully saturated rings. The van der Waals surface area contributed by atoms with Crippen LogP contribution < -0.4 is 14.2 Å². The Kier molecular flexibility index (Phi) is 4.06. The summed E-state index contributed by atoms with van der Waals surface area (Å²) in [4.78, 5) is 24.7. The Balaban J connectivity index is 1.75. The lowest BCUT2D eigenvalue weighted by Gasteiger charge is -2.43. The van der Waals surface area contributed by atoms with Crippen molar-refractivity contribution in [3.8, 4) is 17.2 Å². The van der Waals surface area contributed by atoms with Gasteiger partial charge in [-0.3, -0.25) is 9.59 Å². The average molecular weight is 362 g/mol. The number of quaternary nitrogens is 1. The van der Waals surface area contributed by atoms with Crippen LogP contribution in [0.4, 0.5) is 0 Å². The van der Waals surface area contributed by atoms with Gasteiger partial charge in [0.05, 0.1) is 46.3 Å². The molecule has 0 spiro atoms. The van der Waals surface area contributed by atoms with Crippen LogP contribution in [-0.4, -0.2) is 57.4 Å². The SMILES string of the molecule is COc1c2c(cc3c1[C@@H](CC(=O)[C@@H]1CCOC1=O)[N+](C)(C)CC3)OCO2. The van der Waals surface area contributed by atoms with Crippen molar-refractivity contribution in [2.75, 3.05) is 41.1 Å². The number of hydrogen-bond donors (Lipinski definition) is 0. The number of nitrogens with zero attached hydrogens (tertiary/aromatic N) is 1. The fraction of sp³-hybridized carbons (Fsp3) is 0.579. The molecule has 1 aromatic carbocycles. The number of cyclic esters (lactones) is 1. The topological polar surface area (TPSA) is 71.1 Å². The summed E-state index contributed by atoms with van der Waals surface area (Å²) >= 11 is 0. The van der Waals surface area contributed by atoms with E-state index in [1.165, 1.54) is 0 Å². The highest BCUT2D eigenvalue weighted by atomic mass is 16.7. The van der Waals surface area contributed by atoms with Crippen LogP contribution in [-0.2, 0) is 20.7 Å². The Hall–Kier alpha value is -2.28. The smallest absolute Gasteiger partial charge is 0.316 e. The van der Waals surface area contributed by atoms with Crippen LogP contribution in [0.15, 0.2) is 6.07 Å². The molecule has 7 nitrogen and oxygen atoms in total. The van der Waals surface area contributed by atoms with E-state index in [4.69, 9.17) is 18.9 Å². The molecule has 0 saturated carbocycles. The number of rotatable bonds is 4. The Morgan fingerprint density at radius 2 is 2.12 bits per heavy atom. The van der Waals surface area contributed by atoms with Crippen molar-refractivity contribution in [1.82, 2.24) is 0 Å². The Morgan fingerprint density at radius 3 is 2.81 bits per heavy atom. The van der Waals surface area contributed by atoms with Gasteiger partial charge < -0.3 is 23.4 Å². The van der Waals surface area contributed by atoms with E-state index in [0.717, 1.165) is 24.1 Å². The molecule has 0 radical (unpaired) electrons. The maximum absolute atomic E-state index is 12.8. The number of benzene rings is 1. The molecule has 4 rings (SSSR count). The lowest BCUT2D eigenvalue weighted by molar-refractivity contribution is -0.922. The standard InChI is InChI=1S/C19H24NO6/c1-20(2)6-4-11-8-15-17(26-10-25-15)18(23-3)16(11)13(20)9-14(21)12-5-7-24-19(12)22/h8,12-13H,4-7,9-10H2,1-3H3/q+1/t12-,13+/m0/s1. The first-order valence-electron chi connectivity index (χ1n) is 8.93. The Labute approximate surface area is 152 Å². The highest BCUT2D eigenvalue weighted by Gasteiger charge is 2.44. The first-order chi connectivity index (χ1) is 12.4. The number of carbonyl (C=O) groups excluding carboxylic acids is 2. The van der Waals surface area contributed by atoms with Crippen molar-refractivity contribution < 1.29 is 33.0 Å². The van der Waals surface area contributed by atoms with Crippen LogP contribution in [0.3, 0.4) is 0 Å². The van der Waals surface area contributed by atoms with Gasteiger partial charge in [0.25, 0.3) is 0 Å². The first-order valence-corrected chi connectivity index (χ1v) is 8.93. The van der Waals surface area contributed by atoms with E-state index in [1.807, 2.05) is 6.07 Å². The molecule has 2 atom stereocenters. The molecule has 0 bridgehead atoms. The molecular weight excluding hydrogens is 338 g/mol. The quantitative estimate of drug-likeness (QED) is 0.461. The Morgan fingerprint density at radius 1 is 1.31 bits per heavy atom. The van der Waals surface area contributed by atoms with Gasteiger partial charge in [-0.1, -0.05) is 0 Å². The van der Waals surface area contributed by atoms with E-state index in [1.54, 1.807) is 7.11 Å². The van der Waals surface area contributed by atoms with Gasteiger partial charge in [-0.2, -0.15) is 0 Å². The van der Waals surface area contributed by atoms with Crippen LogP contribution >= 0.6 is 0 Å². The maximum atomic E-state index is 12.8. The molecule has 3 aliphatic rings. The van der Waals surface area contributed by atoms with Gasteiger partial charge in [-0.15, -0.1) is 0 Å². The number of ketones is 1. The van der Waals surface area contributed by atoms with E-state index < -0.39 is 11.9 Å². The first kappa shape index (κ1) is 17.1. The third-order valence-corrected chi connectivity index (χ3v) is 5.80. The van der Waals surface area contributed by atoms with Crippen molar-refractivity contribution in [3.05, 3.63) is 17.2 Å². The monoisotopic (exact) mass is 362 g/mol. The van der Waals surface area contributed by atoms with Crippen LogP contribution in [0.5, 0.6) is 17.2 Å². The fourth-order valence-electron chi connectivity index (χ4n) is 4.24. The molecule has 3 heterocycles. The molecular formula is C19H24NO6+. The molecule has 1 aromatic rings. The number of Topliss-reactive ketones (excluding diaryl/α,β-unsaturated/α-hetero) is 1. The van der Waals surface area contributed by atoms with E-state index >= 15 is 0 Å². The van der Waals surface area contributed by atoms with Gasteiger partial charge in [-0.05, 0) is 11.6 Å². The summed E-state index contributed by atoms with van der Waals surface area (Å²) in [6.45, 7) is 1.39. The van der Waals surface area contributed by atoms with Crippen molar-refractivity contribution in [2.45, 2.75) is 25.3 Å². The zero-order valence-electron chi connectivity index (χ0n) is 15.4. The largest absolute Gasteiger partial charge is 0.492 e. The molecule has 0 unspecified atom stereocenters. The lowest BCUT2D eigenvalue weighted by atomic mass is 9.84. The number of esters is 1. The van der Waals surface area contributed by atoms with Gasteiger partial charge in [0, 0.05) is 12.8 Å². The normalized spacial score (nSPS) is 25.6. The van der Waals surface area contributed by atoms with E-state index in [0.29, 0.717) is 34.8 Å². The second-order valence-electron chi connectivity index (χ2n) is 7.66. The van der Waals surface area contributed by atoms with E-state index in [-0.39, 0.29) is 25.0 Å². The maximum Gasteiger partial charge on any atom is 0.316 e. The number of likely N-dealkylation sites (N-methyl/N-ethyl adjacent to an activating group) is 1. The van der Waals surface area contributed by atoms with Crippen molar-refractivity contribution in [1.29, 1.82) is 0 Å². The molecule has 0 amide bonds. The zero-order valence-corrected chi connectivity index (χ0v) is 15.4. The molecule has 3 aliphatic heterocycles. The third kappa shape index (κ3) is 2.61. The van der Waals surface area contributed by atoms with Gasteiger partial charge in [0.1, 0.15) is 12.0 Å². The highest BCUT2D eigenvalue weighted by Crippen LogP contribution is 2.51. The van der Waals surface area contributed by atoms with Gasteiger partial charge in [-0.25, -0.2) is 0 Å². The van der Waals surface area contributed by atoms with Gasteiger partial charge >= 0.3 is 5.97 Å². The summed E-state index contributed by atoms with van der Waals surface area (Å²) in [6, 6.07) is 1.89. The molecule has 0 N–H and O–H groups in total. The molecule has 26 heavy (non-hydrogen) atoms. The predicted molar refractivity (Wildman–Crippen MR) is 91.2 cm³/mol. The van der Waals surface area contributed by atoms with Crippen molar-refractivity contribution in [3.63, 3.8) is 0 Å². The van der Waals surface area contributed by atoms with E-state index in [9.17, 15) is 9.59 Å². The van der Waals surface area contributed by atoms with E-state index in [2.05, 4.69) is 14.1 Å². The zero-order chi connectivity index (χ0) is 18.5. The molecule has 7 heteroatoms. The third-order valence-electron chi connectivity index (χ3n) is 5.80. The number of fused-ring (bicyclic) bond motifs is 2. The highest BCUT2D eigenvalue weighted by molar-refractivity contribution is 6.00. The summed E-state index contributed by atoms with van der Waals surface area (Å²) in [5, 5.41) is 0. The van der Waals surface area contributed by atoms with Crippen molar-refractivity contribution >= 4 is 11.8 Å². The van der Waals surface area contributed by atoms with Crippen LogP contribution in [0, 0.1) is 5.92 Å². The summed E-state index contributed by atoms with van der Waals surface area (Å²) in [7, 11) is 5.83. The molecule has 140 valence electrons. The number of hydrogen-bond acceptors (Lipinski definition) is 6. The van der Waals surface area contributed by atoms with Crippen LogP contribution in [0.2, 0.25) is 0 Å². The fourth-order valence-corrected chi connectivity index (χ4v) is 4.24. The van der Waals surface area contributed by atoms with Crippen molar-refractivity contribution in [2.24, 2.45) is 5.92 Å². The number of ether oxygens (including phenoxy) is 4. The number of methoxy groups -OCH3 is 1. The minimum absolute atomic E-state index is 0.0590. The number of carbonyl (C=O) groups is 2. The molecule has 0 aliphatic carbocycles. The predicted octanol–water partition coefficient (Wildman–Crippen LogP) is 1.62. The molecule has 0 aromatic heterocycles. The minimum Gasteiger partial charge on any atom is -0.492 e. The van der Waals surface area contributed by atoms with Crippen LogP contribution in [0.25, 0.3) is 0 Å².